The van der Waals surface area contributed by atoms with Crippen molar-refractivity contribution in [2.75, 3.05) is 6.54 Å². The molecule has 1 nitrogen and oxygen atoms in total. The van der Waals surface area contributed by atoms with Gasteiger partial charge in [-0.2, -0.15) is 0 Å². The van der Waals surface area contributed by atoms with Gasteiger partial charge in [-0.25, -0.2) is 13.2 Å². The summed E-state index contributed by atoms with van der Waals surface area (Å²) in [4.78, 5) is 0. The second-order valence-electron chi connectivity index (χ2n) is 4.55. The Balaban J connectivity index is 1.99. The number of benzene rings is 1. The fourth-order valence-electron chi connectivity index (χ4n) is 2.28. The van der Waals surface area contributed by atoms with Crippen LogP contribution in [0.5, 0.6) is 0 Å². The van der Waals surface area contributed by atoms with E-state index in [0.717, 1.165) is 31.9 Å². The summed E-state index contributed by atoms with van der Waals surface area (Å²) in [6.07, 6.45) is 1.84. The normalized spacial score (nSPS) is 22.4. The van der Waals surface area contributed by atoms with Crippen LogP contribution in [0.4, 0.5) is 13.2 Å². The van der Waals surface area contributed by atoms with Gasteiger partial charge in [-0.1, -0.05) is 6.42 Å². The van der Waals surface area contributed by atoms with Crippen molar-refractivity contribution in [3.05, 3.63) is 35.4 Å². The fourth-order valence-corrected chi connectivity index (χ4v) is 2.28. The largest absolute Gasteiger partial charge is 0.311 e. The van der Waals surface area contributed by atoms with Crippen LogP contribution < -0.4 is 5.32 Å². The summed E-state index contributed by atoms with van der Waals surface area (Å²) in [5.41, 5.74) is 0.377. The van der Waals surface area contributed by atoms with Crippen molar-refractivity contribution < 1.29 is 13.2 Å². The van der Waals surface area contributed by atoms with E-state index >= 15 is 0 Å². The lowest BCUT2D eigenvalue weighted by molar-refractivity contribution is 0.217. The highest BCUT2D eigenvalue weighted by molar-refractivity contribution is 5.19. The van der Waals surface area contributed by atoms with Crippen LogP contribution in [-0.4, -0.2) is 18.8 Å². The van der Waals surface area contributed by atoms with Gasteiger partial charge in [0.25, 0.3) is 0 Å². The third kappa shape index (κ3) is 3.46. The second-order valence-corrected chi connectivity index (χ2v) is 4.55. The molecule has 1 heterocycles. The molecule has 1 aliphatic rings. The van der Waals surface area contributed by atoms with E-state index in [2.05, 4.69) is 5.32 Å². The van der Waals surface area contributed by atoms with Crippen LogP contribution in [0.2, 0.25) is 0 Å². The minimum atomic E-state index is -1.09. The lowest BCUT2D eigenvalue weighted by Gasteiger charge is -2.26. The predicted molar refractivity (Wildman–Crippen MR) is 60.6 cm³/mol. The maximum atomic E-state index is 13.9. The molecule has 17 heavy (non-hydrogen) atoms. The van der Waals surface area contributed by atoms with Gasteiger partial charge in [0, 0.05) is 18.5 Å². The maximum absolute atomic E-state index is 13.9. The van der Waals surface area contributed by atoms with E-state index in [1.54, 1.807) is 0 Å². The maximum Gasteiger partial charge on any atom is 0.126 e. The Morgan fingerprint density at radius 3 is 2.47 bits per heavy atom. The number of hydrogen-bond acceptors (Lipinski definition) is 1. The lowest BCUT2D eigenvalue weighted by atomic mass is 9.96. The van der Waals surface area contributed by atoms with E-state index in [4.69, 9.17) is 0 Å². The van der Waals surface area contributed by atoms with Gasteiger partial charge in [0.15, 0.2) is 0 Å². The van der Waals surface area contributed by atoms with Crippen LogP contribution >= 0.6 is 0 Å². The van der Waals surface area contributed by atoms with Gasteiger partial charge in [0.2, 0.25) is 0 Å². The van der Waals surface area contributed by atoms with Gasteiger partial charge in [-0.15, -0.1) is 0 Å². The minimum Gasteiger partial charge on any atom is -0.311 e. The Bertz CT molecular complexity index is 355. The summed E-state index contributed by atoms with van der Waals surface area (Å²) in [5, 5.41) is 3.11. The Morgan fingerprint density at radius 2 is 1.88 bits per heavy atom. The molecule has 2 atom stereocenters. The molecule has 0 amide bonds. The molecule has 0 radical (unpaired) electrons. The molecule has 0 aromatic heterocycles. The monoisotopic (exact) mass is 243 g/mol. The molecule has 1 N–H and O–H groups in total. The molecule has 2 rings (SSSR count). The lowest BCUT2D eigenvalue weighted by Crippen LogP contribution is -2.42. The van der Waals surface area contributed by atoms with Crippen molar-refractivity contribution in [1.82, 2.24) is 5.32 Å². The van der Waals surface area contributed by atoms with E-state index in [0.29, 0.717) is 5.56 Å². The molecule has 94 valence electrons. The molecule has 0 aliphatic carbocycles. The van der Waals surface area contributed by atoms with Crippen LogP contribution in [0.15, 0.2) is 18.2 Å². The molecule has 1 aromatic carbocycles. The van der Waals surface area contributed by atoms with Crippen molar-refractivity contribution in [3.8, 4) is 0 Å². The molecule has 1 aliphatic heterocycles. The molecule has 0 saturated carbocycles. The quantitative estimate of drug-likeness (QED) is 0.860. The predicted octanol–water partition coefficient (Wildman–Crippen LogP) is 2.99. The molecule has 2 unspecified atom stereocenters. The average molecular weight is 243 g/mol. The zero-order valence-corrected chi connectivity index (χ0v) is 9.56. The Kier molecular flexibility index (Phi) is 4.05. The molecule has 4 heteroatoms. The van der Waals surface area contributed by atoms with Crippen LogP contribution in [0.1, 0.15) is 24.8 Å². The first-order chi connectivity index (χ1) is 8.15. The van der Waals surface area contributed by atoms with Crippen molar-refractivity contribution >= 4 is 0 Å². The summed E-state index contributed by atoms with van der Waals surface area (Å²) in [7, 11) is 0. The average Bonchev–Trinajstić information content (AvgIpc) is 2.28. The number of halogens is 3. The standard InChI is InChI=1S/C13H16F3N/c14-10-5-9(6-11(15)8-10)7-12(16)13-3-1-2-4-17-13/h5-6,8,12-13,17H,1-4,7H2. The Morgan fingerprint density at radius 1 is 1.18 bits per heavy atom. The third-order valence-electron chi connectivity index (χ3n) is 3.14. The highest BCUT2D eigenvalue weighted by atomic mass is 19.1. The summed E-state index contributed by atoms with van der Waals surface area (Å²) in [6, 6.07) is 3.00. The number of piperidine rings is 1. The summed E-state index contributed by atoms with van der Waals surface area (Å²) < 4.78 is 39.8. The highest BCUT2D eigenvalue weighted by Crippen LogP contribution is 2.18. The van der Waals surface area contributed by atoms with Gasteiger partial charge in [-0.05, 0) is 37.1 Å². The van der Waals surface area contributed by atoms with Gasteiger partial charge in [0.05, 0.1) is 0 Å². The molecular formula is C13H16F3N. The van der Waals surface area contributed by atoms with Gasteiger partial charge < -0.3 is 5.32 Å². The highest BCUT2D eigenvalue weighted by Gasteiger charge is 2.23. The summed E-state index contributed by atoms with van der Waals surface area (Å²) >= 11 is 0. The van der Waals surface area contributed by atoms with Crippen LogP contribution in [0, 0.1) is 11.6 Å². The number of alkyl halides is 1. The van der Waals surface area contributed by atoms with E-state index in [-0.39, 0.29) is 12.5 Å². The Labute approximate surface area is 99.0 Å². The smallest absolute Gasteiger partial charge is 0.126 e. The van der Waals surface area contributed by atoms with E-state index in [1.165, 1.54) is 12.1 Å². The SMILES string of the molecule is Fc1cc(F)cc(CC(F)C2CCCCN2)c1. The first kappa shape index (κ1) is 12.4. The van der Waals surface area contributed by atoms with Crippen molar-refractivity contribution in [2.45, 2.75) is 37.9 Å². The minimum absolute atomic E-state index is 0.0619. The number of rotatable bonds is 3. The first-order valence-corrected chi connectivity index (χ1v) is 5.97. The zero-order chi connectivity index (χ0) is 12.3. The first-order valence-electron chi connectivity index (χ1n) is 5.97. The molecular weight excluding hydrogens is 227 g/mol. The molecule has 1 saturated heterocycles. The number of nitrogens with one attached hydrogen (secondary N) is 1. The number of hydrogen-bond donors (Lipinski definition) is 1. The molecule has 1 aromatic rings. The van der Waals surface area contributed by atoms with Gasteiger partial charge in [0.1, 0.15) is 17.8 Å². The van der Waals surface area contributed by atoms with Crippen LogP contribution in [0.25, 0.3) is 0 Å². The van der Waals surface area contributed by atoms with Crippen molar-refractivity contribution in [1.29, 1.82) is 0 Å². The van der Waals surface area contributed by atoms with Crippen LogP contribution in [-0.2, 0) is 6.42 Å². The molecule has 0 bridgehead atoms. The van der Waals surface area contributed by atoms with Crippen molar-refractivity contribution in [2.24, 2.45) is 0 Å². The zero-order valence-electron chi connectivity index (χ0n) is 9.56. The summed E-state index contributed by atoms with van der Waals surface area (Å²) in [6.45, 7) is 0.822. The second kappa shape index (κ2) is 5.54. The fraction of sp³-hybridized carbons (Fsp3) is 0.538. The topological polar surface area (TPSA) is 12.0 Å². The van der Waals surface area contributed by atoms with Crippen molar-refractivity contribution in [3.63, 3.8) is 0 Å². The third-order valence-corrected chi connectivity index (χ3v) is 3.14. The van der Waals surface area contributed by atoms with E-state index in [9.17, 15) is 13.2 Å². The van der Waals surface area contributed by atoms with Crippen LogP contribution in [0.3, 0.4) is 0 Å². The Hall–Kier alpha value is -1.03. The molecule has 1 fully saturated rings. The van der Waals surface area contributed by atoms with E-state index in [1.807, 2.05) is 0 Å². The van der Waals surface area contributed by atoms with E-state index < -0.39 is 17.8 Å². The summed E-state index contributed by atoms with van der Waals surface area (Å²) in [5.74, 6) is -1.30. The molecule has 0 spiro atoms. The van der Waals surface area contributed by atoms with Gasteiger partial charge >= 0.3 is 0 Å². The van der Waals surface area contributed by atoms with Gasteiger partial charge in [-0.3, -0.25) is 0 Å².